The molecule has 80 valence electrons. The van der Waals surface area contributed by atoms with Crippen LogP contribution in [0.2, 0.25) is 0 Å². The molecule has 0 amide bonds. The van der Waals surface area contributed by atoms with Crippen molar-refractivity contribution in [3.63, 3.8) is 0 Å². The second-order valence-electron chi connectivity index (χ2n) is 2.87. The highest BCUT2D eigenvalue weighted by Crippen LogP contribution is 1.99. The molecule has 0 aliphatic heterocycles. The number of nitrogens with zero attached hydrogens (tertiary/aromatic N) is 1. The maximum atomic E-state index is 5.09. The summed E-state index contributed by atoms with van der Waals surface area (Å²) < 4.78 is 5.09. The van der Waals surface area contributed by atoms with E-state index in [1.54, 1.807) is 12.3 Å². The molecular weight excluding hydrogens is 190 g/mol. The molecule has 3 heteroatoms. The van der Waals surface area contributed by atoms with Crippen molar-refractivity contribution in [3.05, 3.63) is 48.6 Å². The van der Waals surface area contributed by atoms with Crippen LogP contribution < -0.4 is 0 Å². The van der Waals surface area contributed by atoms with Gasteiger partial charge in [-0.2, -0.15) is 0 Å². The lowest BCUT2D eigenvalue weighted by Crippen LogP contribution is -1.95. The van der Waals surface area contributed by atoms with E-state index in [1.165, 1.54) is 0 Å². The molecule has 0 aliphatic carbocycles. The van der Waals surface area contributed by atoms with E-state index in [0.29, 0.717) is 19.8 Å². The second-order valence-corrected chi connectivity index (χ2v) is 2.87. The Bertz CT molecular complexity index is 296. The van der Waals surface area contributed by atoms with Crippen LogP contribution in [-0.4, -0.2) is 19.4 Å². The van der Waals surface area contributed by atoms with E-state index in [4.69, 9.17) is 9.57 Å². The van der Waals surface area contributed by atoms with Crippen LogP contribution in [0.15, 0.2) is 48.1 Å². The normalized spacial score (nSPS) is 10.4. The Hall–Kier alpha value is -1.61. The van der Waals surface area contributed by atoms with Crippen LogP contribution in [0, 0.1) is 0 Å². The van der Waals surface area contributed by atoms with Gasteiger partial charge in [0, 0.05) is 0 Å². The molecule has 0 heterocycles. The van der Waals surface area contributed by atoms with Crippen molar-refractivity contribution < 1.29 is 9.57 Å². The van der Waals surface area contributed by atoms with Crippen molar-refractivity contribution in [3.8, 4) is 0 Å². The third-order valence-corrected chi connectivity index (χ3v) is 1.65. The number of ether oxygens (including phenoxy) is 1. The Morgan fingerprint density at radius 1 is 1.20 bits per heavy atom. The molecule has 1 aromatic rings. The zero-order chi connectivity index (χ0) is 10.8. The highest BCUT2D eigenvalue weighted by molar-refractivity contribution is 5.57. The number of hydrogen-bond acceptors (Lipinski definition) is 3. The first-order valence-electron chi connectivity index (χ1n) is 4.80. The number of hydrogen-bond donors (Lipinski definition) is 0. The Labute approximate surface area is 90.0 Å². The molecule has 0 saturated heterocycles. The monoisotopic (exact) mass is 205 g/mol. The summed E-state index contributed by atoms with van der Waals surface area (Å²) in [7, 11) is 0. The largest absolute Gasteiger partial charge is 0.391 e. The van der Waals surface area contributed by atoms with Gasteiger partial charge in [-0.05, 0) is 5.56 Å². The minimum absolute atomic E-state index is 0.445. The van der Waals surface area contributed by atoms with Crippen LogP contribution in [0.4, 0.5) is 0 Å². The van der Waals surface area contributed by atoms with Crippen LogP contribution in [0.25, 0.3) is 0 Å². The Morgan fingerprint density at radius 2 is 2.00 bits per heavy atom. The van der Waals surface area contributed by atoms with Crippen molar-refractivity contribution in [1.29, 1.82) is 0 Å². The van der Waals surface area contributed by atoms with Crippen molar-refractivity contribution >= 4 is 6.21 Å². The van der Waals surface area contributed by atoms with E-state index in [1.807, 2.05) is 30.3 Å². The van der Waals surface area contributed by atoms with Gasteiger partial charge < -0.3 is 9.57 Å². The summed E-state index contributed by atoms with van der Waals surface area (Å²) in [6, 6.07) is 9.88. The minimum Gasteiger partial charge on any atom is -0.391 e. The van der Waals surface area contributed by atoms with Gasteiger partial charge in [-0.3, -0.25) is 0 Å². The van der Waals surface area contributed by atoms with E-state index in [-0.39, 0.29) is 0 Å². The van der Waals surface area contributed by atoms with Crippen molar-refractivity contribution in [2.75, 3.05) is 13.2 Å². The van der Waals surface area contributed by atoms with Crippen LogP contribution >= 0.6 is 0 Å². The second kappa shape index (κ2) is 7.76. The first kappa shape index (κ1) is 11.5. The Balaban J connectivity index is 2.08. The highest BCUT2D eigenvalue weighted by Gasteiger charge is 1.88. The van der Waals surface area contributed by atoms with Crippen molar-refractivity contribution in [1.82, 2.24) is 0 Å². The maximum Gasteiger partial charge on any atom is 0.142 e. The molecule has 0 radical (unpaired) electrons. The Kier molecular flexibility index (Phi) is 5.93. The predicted molar refractivity (Wildman–Crippen MR) is 60.7 cm³/mol. The molecule has 0 bridgehead atoms. The topological polar surface area (TPSA) is 30.8 Å². The molecule has 0 aromatic heterocycles. The number of rotatable bonds is 7. The predicted octanol–water partition coefficient (Wildman–Crippen LogP) is 2.39. The molecule has 0 spiro atoms. The summed E-state index contributed by atoms with van der Waals surface area (Å²) in [5.41, 5.74) is 1.10. The summed E-state index contributed by atoms with van der Waals surface area (Å²) in [6.07, 6.45) is 3.28. The first-order chi connectivity index (χ1) is 7.43. The lowest BCUT2D eigenvalue weighted by molar-refractivity contribution is 0.127. The zero-order valence-corrected chi connectivity index (χ0v) is 8.63. The molecule has 0 N–H and O–H groups in total. The van der Waals surface area contributed by atoms with Crippen molar-refractivity contribution in [2.24, 2.45) is 5.16 Å². The molecular formula is C12H15NO2. The van der Waals surface area contributed by atoms with Gasteiger partial charge in [-0.1, -0.05) is 41.6 Å². The average molecular weight is 205 g/mol. The summed E-state index contributed by atoms with van der Waals surface area (Å²) in [5.74, 6) is 0. The zero-order valence-electron chi connectivity index (χ0n) is 8.63. The molecule has 1 aromatic carbocycles. The standard InChI is InChI=1S/C12H15NO2/c1-2-9-14-10-8-13-15-11-12-6-4-3-5-7-12/h2-8H,1,9-11H2/b13-8+. The summed E-state index contributed by atoms with van der Waals surface area (Å²) >= 11 is 0. The molecule has 0 aliphatic rings. The third kappa shape index (κ3) is 5.65. The van der Waals surface area contributed by atoms with Crippen molar-refractivity contribution in [2.45, 2.75) is 6.61 Å². The van der Waals surface area contributed by atoms with Gasteiger partial charge in [0.2, 0.25) is 0 Å². The van der Waals surface area contributed by atoms with Crippen LogP contribution in [0.5, 0.6) is 0 Å². The molecule has 3 nitrogen and oxygen atoms in total. The Morgan fingerprint density at radius 3 is 2.73 bits per heavy atom. The van der Waals surface area contributed by atoms with Gasteiger partial charge in [0.25, 0.3) is 0 Å². The molecule has 0 saturated carbocycles. The fourth-order valence-corrected chi connectivity index (χ4v) is 0.973. The number of benzene rings is 1. The third-order valence-electron chi connectivity index (χ3n) is 1.65. The highest BCUT2D eigenvalue weighted by atomic mass is 16.6. The van der Waals surface area contributed by atoms with E-state index in [0.717, 1.165) is 5.56 Å². The van der Waals surface area contributed by atoms with Crippen LogP contribution in [0.3, 0.4) is 0 Å². The van der Waals surface area contributed by atoms with Gasteiger partial charge >= 0.3 is 0 Å². The molecule has 1 rings (SSSR count). The summed E-state index contributed by atoms with van der Waals surface area (Å²) in [4.78, 5) is 5.06. The van der Waals surface area contributed by atoms with Gasteiger partial charge in [0.15, 0.2) is 0 Å². The molecule has 0 fully saturated rings. The van der Waals surface area contributed by atoms with E-state index in [2.05, 4.69) is 11.7 Å². The van der Waals surface area contributed by atoms with Gasteiger partial charge in [-0.15, -0.1) is 6.58 Å². The maximum absolute atomic E-state index is 5.09. The van der Waals surface area contributed by atoms with Crippen LogP contribution in [-0.2, 0) is 16.2 Å². The molecule has 0 atom stereocenters. The van der Waals surface area contributed by atoms with E-state index >= 15 is 0 Å². The first-order valence-corrected chi connectivity index (χ1v) is 4.80. The quantitative estimate of drug-likeness (QED) is 0.296. The van der Waals surface area contributed by atoms with Crippen LogP contribution in [0.1, 0.15) is 5.56 Å². The fraction of sp³-hybridized carbons (Fsp3) is 0.250. The molecule has 0 unspecified atom stereocenters. The fourth-order valence-electron chi connectivity index (χ4n) is 0.973. The number of oxime groups is 1. The van der Waals surface area contributed by atoms with E-state index in [9.17, 15) is 0 Å². The smallest absolute Gasteiger partial charge is 0.142 e. The molecule has 15 heavy (non-hydrogen) atoms. The average Bonchev–Trinajstić information content (AvgIpc) is 2.29. The lowest BCUT2D eigenvalue weighted by Gasteiger charge is -1.98. The van der Waals surface area contributed by atoms with Gasteiger partial charge in [0.05, 0.1) is 19.4 Å². The van der Waals surface area contributed by atoms with Gasteiger partial charge in [0.1, 0.15) is 6.61 Å². The van der Waals surface area contributed by atoms with E-state index < -0.39 is 0 Å². The minimum atomic E-state index is 0.445. The van der Waals surface area contributed by atoms with Gasteiger partial charge in [-0.25, -0.2) is 0 Å². The summed E-state index contributed by atoms with van der Waals surface area (Å²) in [5, 5.41) is 3.75. The SMILES string of the molecule is C=CCOC/C=N/OCc1ccccc1. The lowest BCUT2D eigenvalue weighted by atomic mass is 10.2. The summed E-state index contributed by atoms with van der Waals surface area (Å²) in [6.45, 7) is 5.00.